The van der Waals surface area contributed by atoms with E-state index in [1.165, 1.54) is 0 Å². The van der Waals surface area contributed by atoms with Gasteiger partial charge in [-0.25, -0.2) is 0 Å². The quantitative estimate of drug-likeness (QED) is 0.694. The lowest BCUT2D eigenvalue weighted by molar-refractivity contribution is -0.151. The van der Waals surface area contributed by atoms with Gasteiger partial charge in [0.2, 0.25) is 5.91 Å². The summed E-state index contributed by atoms with van der Waals surface area (Å²) in [7, 11) is 0. The number of hydrogen-bond donors (Lipinski definition) is 2. The Balaban J connectivity index is 1.49. The van der Waals surface area contributed by atoms with E-state index in [-0.39, 0.29) is 18.9 Å². The SMILES string of the molecule is Cc1cc(C)cc(NC(=O)COC(=O)[C@@H]2CC(=O)N(NC(=O)c3cccc(C)c3)C2)c1. The topological polar surface area (TPSA) is 105 Å². The highest BCUT2D eigenvalue weighted by Crippen LogP contribution is 2.18. The van der Waals surface area contributed by atoms with Gasteiger partial charge in [-0.2, -0.15) is 0 Å². The molecule has 2 N–H and O–H groups in total. The molecule has 8 heteroatoms. The zero-order valence-corrected chi connectivity index (χ0v) is 17.7. The minimum Gasteiger partial charge on any atom is -0.455 e. The lowest BCUT2D eigenvalue weighted by Gasteiger charge is -2.17. The summed E-state index contributed by atoms with van der Waals surface area (Å²) in [5, 5.41) is 3.80. The van der Waals surface area contributed by atoms with Gasteiger partial charge in [0.15, 0.2) is 6.61 Å². The monoisotopic (exact) mass is 423 g/mol. The third kappa shape index (κ3) is 5.91. The van der Waals surface area contributed by atoms with E-state index in [0.29, 0.717) is 11.3 Å². The molecule has 3 amide bonds. The summed E-state index contributed by atoms with van der Waals surface area (Å²) in [5.74, 6) is -2.69. The Labute approximate surface area is 180 Å². The molecule has 1 heterocycles. The Kier molecular flexibility index (Phi) is 6.69. The van der Waals surface area contributed by atoms with Gasteiger partial charge in [0.1, 0.15) is 0 Å². The minimum atomic E-state index is -0.751. The van der Waals surface area contributed by atoms with Crippen LogP contribution in [-0.4, -0.2) is 41.9 Å². The standard InChI is InChI=1S/C23H25N3O5/c1-14-5-4-6-17(8-14)22(29)25-26-12-18(11-21(26)28)23(30)31-13-20(27)24-19-9-15(2)7-16(3)10-19/h4-10,18H,11-13H2,1-3H3,(H,24,27)(H,25,29)/t18-/m1/s1. The van der Waals surface area contributed by atoms with E-state index >= 15 is 0 Å². The molecule has 2 aromatic rings. The Bertz CT molecular complexity index is 1010. The second kappa shape index (κ2) is 9.42. The molecule has 0 aromatic heterocycles. The van der Waals surface area contributed by atoms with Crippen molar-refractivity contribution in [2.75, 3.05) is 18.5 Å². The molecule has 162 valence electrons. The van der Waals surface area contributed by atoms with Gasteiger partial charge in [-0.05, 0) is 56.2 Å². The van der Waals surface area contributed by atoms with Crippen LogP contribution in [0.25, 0.3) is 0 Å². The van der Waals surface area contributed by atoms with Crippen molar-refractivity contribution in [2.45, 2.75) is 27.2 Å². The number of anilines is 1. The first-order valence-corrected chi connectivity index (χ1v) is 9.94. The van der Waals surface area contributed by atoms with E-state index in [9.17, 15) is 19.2 Å². The summed E-state index contributed by atoms with van der Waals surface area (Å²) in [5.41, 5.74) is 6.49. The fourth-order valence-electron chi connectivity index (χ4n) is 3.45. The molecule has 8 nitrogen and oxygen atoms in total. The molecule has 0 spiro atoms. The first-order valence-electron chi connectivity index (χ1n) is 9.94. The molecule has 1 aliphatic heterocycles. The number of aryl methyl sites for hydroxylation is 3. The fourth-order valence-corrected chi connectivity index (χ4v) is 3.45. The number of rotatable bonds is 6. The van der Waals surface area contributed by atoms with Crippen molar-refractivity contribution >= 4 is 29.4 Å². The summed E-state index contributed by atoms with van der Waals surface area (Å²) in [4.78, 5) is 48.9. The number of hydrogen-bond acceptors (Lipinski definition) is 5. The van der Waals surface area contributed by atoms with Crippen LogP contribution in [0, 0.1) is 26.7 Å². The largest absolute Gasteiger partial charge is 0.455 e. The normalized spacial score (nSPS) is 15.5. The zero-order valence-electron chi connectivity index (χ0n) is 17.7. The van der Waals surface area contributed by atoms with E-state index in [2.05, 4.69) is 10.7 Å². The van der Waals surface area contributed by atoms with E-state index in [0.717, 1.165) is 21.7 Å². The van der Waals surface area contributed by atoms with Gasteiger partial charge >= 0.3 is 5.97 Å². The lowest BCUT2D eigenvalue weighted by Crippen LogP contribution is -2.43. The molecule has 0 unspecified atom stereocenters. The van der Waals surface area contributed by atoms with Crippen LogP contribution in [0.1, 0.15) is 33.5 Å². The second-order valence-corrected chi connectivity index (χ2v) is 7.75. The number of nitrogens with zero attached hydrogens (tertiary/aromatic N) is 1. The smallest absolute Gasteiger partial charge is 0.311 e. The molecule has 1 aliphatic rings. The molecule has 1 atom stereocenters. The molecule has 1 fully saturated rings. The third-order valence-corrected chi connectivity index (χ3v) is 4.83. The number of nitrogens with one attached hydrogen (secondary N) is 2. The molecule has 1 saturated heterocycles. The first kappa shape index (κ1) is 22.0. The van der Waals surface area contributed by atoms with Crippen LogP contribution in [0.15, 0.2) is 42.5 Å². The number of carbonyl (C=O) groups excluding carboxylic acids is 4. The van der Waals surface area contributed by atoms with Gasteiger partial charge in [-0.3, -0.25) is 29.6 Å². The van der Waals surface area contributed by atoms with Crippen molar-refractivity contribution in [3.63, 3.8) is 0 Å². The Hall–Kier alpha value is -3.68. The summed E-state index contributed by atoms with van der Waals surface area (Å²) < 4.78 is 5.08. The molecule has 2 aromatic carbocycles. The highest BCUT2D eigenvalue weighted by Gasteiger charge is 2.36. The second-order valence-electron chi connectivity index (χ2n) is 7.75. The Morgan fingerprint density at radius 2 is 1.74 bits per heavy atom. The Morgan fingerprint density at radius 3 is 2.42 bits per heavy atom. The maximum atomic E-state index is 12.3. The third-order valence-electron chi connectivity index (χ3n) is 4.83. The van der Waals surface area contributed by atoms with Crippen molar-refractivity contribution in [1.29, 1.82) is 0 Å². The van der Waals surface area contributed by atoms with Gasteiger partial charge in [0, 0.05) is 17.7 Å². The maximum absolute atomic E-state index is 12.3. The number of benzene rings is 2. The number of ether oxygens (including phenoxy) is 1. The van der Waals surface area contributed by atoms with Crippen molar-refractivity contribution in [1.82, 2.24) is 10.4 Å². The van der Waals surface area contributed by atoms with Gasteiger partial charge < -0.3 is 10.1 Å². The van der Waals surface area contributed by atoms with Gasteiger partial charge in [-0.1, -0.05) is 23.8 Å². The summed E-state index contributed by atoms with van der Waals surface area (Å²) in [6.45, 7) is 5.24. The first-order chi connectivity index (χ1) is 14.7. The van der Waals surface area contributed by atoms with Crippen molar-refractivity contribution in [3.8, 4) is 0 Å². The minimum absolute atomic E-state index is 0.00604. The summed E-state index contributed by atoms with van der Waals surface area (Å²) in [6, 6.07) is 12.6. The van der Waals surface area contributed by atoms with E-state index in [4.69, 9.17) is 4.74 Å². The highest BCUT2D eigenvalue weighted by atomic mass is 16.5. The van der Waals surface area contributed by atoms with E-state index in [1.54, 1.807) is 18.2 Å². The fraction of sp³-hybridized carbons (Fsp3) is 0.304. The van der Waals surface area contributed by atoms with Crippen LogP contribution in [0.5, 0.6) is 0 Å². The van der Waals surface area contributed by atoms with Gasteiger partial charge in [-0.15, -0.1) is 0 Å². The zero-order chi connectivity index (χ0) is 22.5. The molecule has 0 saturated carbocycles. The van der Waals surface area contributed by atoms with Crippen LogP contribution in [-0.2, 0) is 19.1 Å². The maximum Gasteiger partial charge on any atom is 0.311 e. The Morgan fingerprint density at radius 1 is 1.03 bits per heavy atom. The molecular formula is C23H25N3O5. The summed E-state index contributed by atoms with van der Waals surface area (Å²) >= 11 is 0. The van der Waals surface area contributed by atoms with Crippen molar-refractivity contribution < 1.29 is 23.9 Å². The molecular weight excluding hydrogens is 398 g/mol. The van der Waals surface area contributed by atoms with E-state index < -0.39 is 30.3 Å². The molecule has 3 rings (SSSR count). The number of hydrazine groups is 1. The van der Waals surface area contributed by atoms with Crippen LogP contribution in [0.4, 0.5) is 5.69 Å². The van der Waals surface area contributed by atoms with Crippen LogP contribution >= 0.6 is 0 Å². The predicted octanol–water partition coefficient (Wildman–Crippen LogP) is 2.29. The molecule has 0 radical (unpaired) electrons. The molecule has 0 bridgehead atoms. The summed E-state index contributed by atoms with van der Waals surface area (Å²) in [6.07, 6.45) is -0.0916. The highest BCUT2D eigenvalue weighted by molar-refractivity contribution is 5.97. The van der Waals surface area contributed by atoms with Gasteiger partial charge in [0.05, 0.1) is 12.5 Å². The average molecular weight is 423 g/mol. The molecule has 31 heavy (non-hydrogen) atoms. The van der Waals surface area contributed by atoms with Crippen molar-refractivity contribution in [3.05, 3.63) is 64.7 Å². The van der Waals surface area contributed by atoms with Crippen LogP contribution in [0.3, 0.4) is 0 Å². The number of amides is 3. The van der Waals surface area contributed by atoms with Crippen LogP contribution < -0.4 is 10.7 Å². The molecule has 0 aliphatic carbocycles. The number of carbonyl (C=O) groups is 4. The predicted molar refractivity (Wildman–Crippen MR) is 114 cm³/mol. The van der Waals surface area contributed by atoms with Crippen molar-refractivity contribution in [2.24, 2.45) is 5.92 Å². The lowest BCUT2D eigenvalue weighted by atomic mass is 10.1. The van der Waals surface area contributed by atoms with E-state index in [1.807, 2.05) is 45.0 Å². The van der Waals surface area contributed by atoms with Gasteiger partial charge in [0.25, 0.3) is 11.8 Å². The average Bonchev–Trinajstić information content (AvgIpc) is 3.05. The number of esters is 1. The van der Waals surface area contributed by atoms with Crippen LogP contribution in [0.2, 0.25) is 0 Å².